The molecule has 1 N–H and O–H groups in total. The highest BCUT2D eigenvalue weighted by atomic mass is 16.5. The maximum absolute atomic E-state index is 12.8. The van der Waals surface area contributed by atoms with Gasteiger partial charge in [0.1, 0.15) is 11.1 Å². The Morgan fingerprint density at radius 1 is 1.30 bits per heavy atom. The van der Waals surface area contributed by atoms with E-state index in [1.807, 2.05) is 27.7 Å². The van der Waals surface area contributed by atoms with Crippen LogP contribution in [0.15, 0.2) is 0 Å². The van der Waals surface area contributed by atoms with Gasteiger partial charge >= 0.3 is 0 Å². The van der Waals surface area contributed by atoms with Crippen molar-refractivity contribution in [2.24, 2.45) is 5.92 Å². The average molecular weight is 282 g/mol. The van der Waals surface area contributed by atoms with Crippen molar-refractivity contribution in [2.45, 2.75) is 58.0 Å². The third-order valence-electron chi connectivity index (χ3n) is 4.87. The highest BCUT2D eigenvalue weighted by Crippen LogP contribution is 2.45. The van der Waals surface area contributed by atoms with Crippen LogP contribution in [0.5, 0.6) is 0 Å². The van der Waals surface area contributed by atoms with Crippen molar-refractivity contribution in [1.29, 1.82) is 0 Å². The minimum absolute atomic E-state index is 0.0135. The third-order valence-corrected chi connectivity index (χ3v) is 4.87. The molecule has 1 heterocycles. The minimum atomic E-state index is -0.780. The molecule has 2 amide bonds. The largest absolute Gasteiger partial charge is 0.380 e. The van der Waals surface area contributed by atoms with E-state index in [0.717, 1.165) is 12.8 Å². The van der Waals surface area contributed by atoms with Crippen LogP contribution < -0.4 is 5.32 Å². The summed E-state index contributed by atoms with van der Waals surface area (Å²) >= 11 is 0. The lowest BCUT2D eigenvalue weighted by atomic mass is 9.82. The van der Waals surface area contributed by atoms with E-state index < -0.39 is 11.1 Å². The summed E-state index contributed by atoms with van der Waals surface area (Å²) in [5, 5.41) is 2.95. The van der Waals surface area contributed by atoms with Gasteiger partial charge in [-0.05, 0) is 46.0 Å². The number of hydrogen-bond donors (Lipinski definition) is 1. The molecule has 0 aromatic rings. The number of carbonyl (C=O) groups excluding carboxylic acids is 2. The Hall–Kier alpha value is -1.10. The number of ether oxygens (including phenoxy) is 1. The Balaban J connectivity index is 2.26. The number of amides is 2. The summed E-state index contributed by atoms with van der Waals surface area (Å²) < 4.78 is 5.39. The van der Waals surface area contributed by atoms with E-state index in [-0.39, 0.29) is 17.7 Å². The van der Waals surface area contributed by atoms with E-state index in [0.29, 0.717) is 26.2 Å². The van der Waals surface area contributed by atoms with Gasteiger partial charge in [-0.1, -0.05) is 6.92 Å². The van der Waals surface area contributed by atoms with Gasteiger partial charge < -0.3 is 15.0 Å². The van der Waals surface area contributed by atoms with E-state index in [1.54, 1.807) is 4.90 Å². The molecule has 114 valence electrons. The predicted octanol–water partition coefficient (Wildman–Crippen LogP) is 1.32. The van der Waals surface area contributed by atoms with Gasteiger partial charge in [-0.15, -0.1) is 0 Å². The van der Waals surface area contributed by atoms with Crippen LogP contribution in [-0.2, 0) is 14.3 Å². The highest BCUT2D eigenvalue weighted by Gasteiger charge is 2.59. The fourth-order valence-corrected chi connectivity index (χ4v) is 2.99. The predicted molar refractivity (Wildman–Crippen MR) is 76.2 cm³/mol. The summed E-state index contributed by atoms with van der Waals surface area (Å²) in [6, 6.07) is 0. The molecular weight excluding hydrogens is 256 g/mol. The van der Waals surface area contributed by atoms with Crippen LogP contribution in [0.3, 0.4) is 0 Å². The molecule has 2 rings (SSSR count). The lowest BCUT2D eigenvalue weighted by Gasteiger charge is -2.50. The van der Waals surface area contributed by atoms with Gasteiger partial charge in [0.15, 0.2) is 0 Å². The molecule has 2 atom stereocenters. The molecule has 2 aliphatic rings. The monoisotopic (exact) mass is 282 g/mol. The van der Waals surface area contributed by atoms with Crippen molar-refractivity contribution in [3.05, 3.63) is 0 Å². The van der Waals surface area contributed by atoms with Gasteiger partial charge in [0.25, 0.3) is 0 Å². The first-order valence-corrected chi connectivity index (χ1v) is 7.62. The molecule has 2 unspecified atom stereocenters. The van der Waals surface area contributed by atoms with Gasteiger partial charge in [0, 0.05) is 13.2 Å². The number of hydrogen-bond acceptors (Lipinski definition) is 3. The Kier molecular flexibility index (Phi) is 4.09. The molecule has 2 fully saturated rings. The van der Waals surface area contributed by atoms with E-state index in [2.05, 4.69) is 5.32 Å². The zero-order valence-electron chi connectivity index (χ0n) is 13.0. The number of nitrogens with zero attached hydrogens (tertiary/aromatic N) is 1. The molecule has 1 saturated carbocycles. The van der Waals surface area contributed by atoms with E-state index in [1.165, 1.54) is 0 Å². The maximum Gasteiger partial charge on any atom is 0.249 e. The van der Waals surface area contributed by atoms with Crippen LogP contribution in [0.2, 0.25) is 0 Å². The van der Waals surface area contributed by atoms with Gasteiger partial charge in [0.2, 0.25) is 11.8 Å². The molecule has 0 aromatic heterocycles. The molecule has 5 heteroatoms. The van der Waals surface area contributed by atoms with Gasteiger partial charge in [-0.25, -0.2) is 0 Å². The summed E-state index contributed by atoms with van der Waals surface area (Å²) in [7, 11) is 0. The fraction of sp³-hybridized carbons (Fsp3) is 0.867. The van der Waals surface area contributed by atoms with Crippen LogP contribution in [0, 0.1) is 5.92 Å². The molecule has 0 aromatic carbocycles. The summed E-state index contributed by atoms with van der Waals surface area (Å²) in [4.78, 5) is 27.2. The zero-order chi connectivity index (χ0) is 15.0. The summed E-state index contributed by atoms with van der Waals surface area (Å²) in [6.07, 6.45) is 2.64. The molecule has 0 radical (unpaired) electrons. The van der Waals surface area contributed by atoms with Crippen molar-refractivity contribution < 1.29 is 14.3 Å². The second-order valence-corrected chi connectivity index (χ2v) is 6.22. The van der Waals surface area contributed by atoms with Crippen molar-refractivity contribution in [1.82, 2.24) is 10.2 Å². The maximum atomic E-state index is 12.8. The molecule has 0 bridgehead atoms. The van der Waals surface area contributed by atoms with Crippen LogP contribution in [0.4, 0.5) is 0 Å². The third kappa shape index (κ3) is 2.32. The Morgan fingerprint density at radius 3 is 2.45 bits per heavy atom. The average Bonchev–Trinajstić information content (AvgIpc) is 3.25. The number of piperazine rings is 1. The molecule has 1 aliphatic carbocycles. The first-order chi connectivity index (χ1) is 9.40. The Morgan fingerprint density at radius 2 is 1.95 bits per heavy atom. The lowest BCUT2D eigenvalue weighted by molar-refractivity contribution is -0.164. The second-order valence-electron chi connectivity index (χ2n) is 6.22. The van der Waals surface area contributed by atoms with Crippen molar-refractivity contribution in [3.8, 4) is 0 Å². The van der Waals surface area contributed by atoms with Gasteiger partial charge in [0.05, 0.1) is 6.61 Å². The number of rotatable bonds is 6. The quantitative estimate of drug-likeness (QED) is 0.748. The standard InChI is InChI=1S/C15H26N2O3/c1-5-14(3)13(19)17(9-10-20-6-2)15(4,11-7-8-11)12(18)16-14/h11H,5-10H2,1-4H3,(H,16,18). The SMILES string of the molecule is CCOCCN1C(=O)C(C)(CC)NC(=O)C1(C)C1CC1. The van der Waals surface area contributed by atoms with Crippen molar-refractivity contribution >= 4 is 11.8 Å². The van der Waals surface area contributed by atoms with Crippen molar-refractivity contribution in [3.63, 3.8) is 0 Å². The molecule has 1 saturated heterocycles. The van der Waals surface area contributed by atoms with Crippen LogP contribution in [0.1, 0.15) is 47.0 Å². The van der Waals surface area contributed by atoms with Gasteiger partial charge in [-0.3, -0.25) is 9.59 Å². The number of carbonyl (C=O) groups is 2. The molecule has 0 spiro atoms. The van der Waals surface area contributed by atoms with Crippen molar-refractivity contribution in [2.75, 3.05) is 19.8 Å². The molecule has 5 nitrogen and oxygen atoms in total. The summed E-state index contributed by atoms with van der Waals surface area (Å²) in [6.45, 7) is 9.17. The second kappa shape index (κ2) is 5.35. The van der Waals surface area contributed by atoms with E-state index in [4.69, 9.17) is 4.74 Å². The van der Waals surface area contributed by atoms with Crippen LogP contribution in [0.25, 0.3) is 0 Å². The fourth-order valence-electron chi connectivity index (χ4n) is 2.99. The van der Waals surface area contributed by atoms with Crippen LogP contribution in [-0.4, -0.2) is 47.6 Å². The first kappa shape index (κ1) is 15.3. The smallest absolute Gasteiger partial charge is 0.249 e. The first-order valence-electron chi connectivity index (χ1n) is 7.62. The van der Waals surface area contributed by atoms with E-state index >= 15 is 0 Å². The molecular formula is C15H26N2O3. The van der Waals surface area contributed by atoms with Crippen LogP contribution >= 0.6 is 0 Å². The normalized spacial score (nSPS) is 34.3. The summed E-state index contributed by atoms with van der Waals surface area (Å²) in [5.74, 6) is 0.295. The highest BCUT2D eigenvalue weighted by molar-refractivity contribution is 6.02. The Bertz CT molecular complexity index is 408. The topological polar surface area (TPSA) is 58.6 Å². The molecule has 1 aliphatic heterocycles. The number of nitrogens with one attached hydrogen (secondary N) is 1. The summed E-state index contributed by atoms with van der Waals surface area (Å²) in [5.41, 5.74) is -1.49. The lowest BCUT2D eigenvalue weighted by Crippen LogP contribution is -2.75. The van der Waals surface area contributed by atoms with E-state index in [9.17, 15) is 9.59 Å². The zero-order valence-corrected chi connectivity index (χ0v) is 13.0. The minimum Gasteiger partial charge on any atom is -0.380 e. The molecule has 20 heavy (non-hydrogen) atoms. The van der Waals surface area contributed by atoms with Gasteiger partial charge in [-0.2, -0.15) is 0 Å². The Labute approximate surface area is 121 Å².